The molecule has 0 spiro atoms. The van der Waals surface area contributed by atoms with Gasteiger partial charge in [0.1, 0.15) is 5.82 Å². The van der Waals surface area contributed by atoms with Crippen LogP contribution in [-0.2, 0) is 11.2 Å². The van der Waals surface area contributed by atoms with Crippen LogP contribution in [0.25, 0.3) is 0 Å². The molecule has 1 aromatic rings. The molecule has 0 amide bonds. The van der Waals surface area contributed by atoms with Gasteiger partial charge in [-0.3, -0.25) is 0 Å². The van der Waals surface area contributed by atoms with Gasteiger partial charge in [-0.2, -0.15) is 0 Å². The third-order valence-electron chi connectivity index (χ3n) is 1.89. The Balaban J connectivity index is 0.00000196. The summed E-state index contributed by atoms with van der Waals surface area (Å²) in [5, 5.41) is 0. The van der Waals surface area contributed by atoms with Crippen molar-refractivity contribution in [3.63, 3.8) is 0 Å². The molecule has 3 nitrogen and oxygen atoms in total. The van der Waals surface area contributed by atoms with Crippen LogP contribution in [0.3, 0.4) is 0 Å². The average Bonchev–Trinajstić information content (AvgIpc) is 2.20. The lowest BCUT2D eigenvalue weighted by molar-refractivity contribution is 0.0600. The van der Waals surface area contributed by atoms with Gasteiger partial charge in [-0.05, 0) is 30.7 Å². The maximum absolute atomic E-state index is 13.3. The molecule has 0 heterocycles. The summed E-state index contributed by atoms with van der Waals surface area (Å²) in [5.74, 6) is -0.957. The quantitative estimate of drug-likeness (QED) is 0.806. The highest BCUT2D eigenvalue weighted by Crippen LogP contribution is 2.11. The first-order chi connectivity index (χ1) is 6.69. The first-order valence-corrected chi connectivity index (χ1v) is 4.26. The number of methoxy groups -OCH3 is 1. The Kier molecular flexibility index (Phi) is 5.89. The number of halogens is 2. The zero-order chi connectivity index (χ0) is 10.6. The van der Waals surface area contributed by atoms with E-state index in [1.165, 1.54) is 13.2 Å². The molecule has 1 rings (SSSR count). The van der Waals surface area contributed by atoms with Crippen LogP contribution in [0.2, 0.25) is 0 Å². The van der Waals surface area contributed by atoms with Crippen molar-refractivity contribution >= 4 is 18.4 Å². The van der Waals surface area contributed by atoms with Gasteiger partial charge in [0.15, 0.2) is 0 Å². The van der Waals surface area contributed by atoms with Crippen molar-refractivity contribution in [3.8, 4) is 0 Å². The number of esters is 1. The van der Waals surface area contributed by atoms with Gasteiger partial charge in [0.05, 0.1) is 12.7 Å². The van der Waals surface area contributed by atoms with Gasteiger partial charge in [-0.1, -0.05) is 6.07 Å². The second-order valence-electron chi connectivity index (χ2n) is 2.84. The molecule has 0 aliphatic rings. The second-order valence-corrected chi connectivity index (χ2v) is 2.84. The summed E-state index contributed by atoms with van der Waals surface area (Å²) in [7, 11) is 1.26. The summed E-state index contributed by atoms with van der Waals surface area (Å²) in [4.78, 5) is 11.0. The molecule has 15 heavy (non-hydrogen) atoms. The predicted octanol–water partition coefficient (Wildman–Crippen LogP) is 1.54. The number of hydrogen-bond acceptors (Lipinski definition) is 3. The highest BCUT2D eigenvalue weighted by Gasteiger charge is 2.08. The smallest absolute Gasteiger partial charge is 0.337 e. The Bertz CT molecular complexity index is 344. The van der Waals surface area contributed by atoms with Crippen LogP contribution in [0.1, 0.15) is 15.9 Å². The van der Waals surface area contributed by atoms with Gasteiger partial charge in [-0.25, -0.2) is 9.18 Å². The van der Waals surface area contributed by atoms with E-state index >= 15 is 0 Å². The van der Waals surface area contributed by atoms with Gasteiger partial charge >= 0.3 is 5.97 Å². The molecule has 0 fully saturated rings. The van der Waals surface area contributed by atoms with Crippen molar-refractivity contribution in [2.24, 2.45) is 5.73 Å². The van der Waals surface area contributed by atoms with E-state index in [1.807, 2.05) is 0 Å². The largest absolute Gasteiger partial charge is 0.465 e. The first kappa shape index (κ1) is 13.9. The van der Waals surface area contributed by atoms with Crippen molar-refractivity contribution in [2.75, 3.05) is 13.7 Å². The van der Waals surface area contributed by atoms with E-state index in [0.29, 0.717) is 18.5 Å². The third-order valence-corrected chi connectivity index (χ3v) is 1.89. The maximum atomic E-state index is 13.3. The molecule has 0 bridgehead atoms. The van der Waals surface area contributed by atoms with Crippen LogP contribution in [0.4, 0.5) is 4.39 Å². The topological polar surface area (TPSA) is 52.3 Å². The van der Waals surface area contributed by atoms with E-state index in [1.54, 1.807) is 6.07 Å². The average molecular weight is 234 g/mol. The van der Waals surface area contributed by atoms with Gasteiger partial charge < -0.3 is 10.5 Å². The van der Waals surface area contributed by atoms with E-state index in [4.69, 9.17) is 5.73 Å². The van der Waals surface area contributed by atoms with Crippen LogP contribution < -0.4 is 5.73 Å². The number of nitrogens with two attached hydrogens (primary N) is 1. The fourth-order valence-corrected chi connectivity index (χ4v) is 1.15. The molecule has 0 saturated heterocycles. The zero-order valence-corrected chi connectivity index (χ0v) is 9.14. The van der Waals surface area contributed by atoms with Gasteiger partial charge in [0.25, 0.3) is 0 Å². The molecule has 0 saturated carbocycles. The van der Waals surface area contributed by atoms with Gasteiger partial charge in [-0.15, -0.1) is 12.4 Å². The summed E-state index contributed by atoms with van der Waals surface area (Å²) < 4.78 is 17.7. The Morgan fingerprint density at radius 2 is 2.20 bits per heavy atom. The van der Waals surface area contributed by atoms with Crippen LogP contribution in [0.15, 0.2) is 18.2 Å². The Morgan fingerprint density at radius 3 is 2.67 bits per heavy atom. The monoisotopic (exact) mass is 233 g/mol. The van der Waals surface area contributed by atoms with Gasteiger partial charge in [0, 0.05) is 0 Å². The molecule has 0 aliphatic heterocycles. The third kappa shape index (κ3) is 3.49. The molecular formula is C10H13ClFNO2. The van der Waals surface area contributed by atoms with Crippen LogP contribution in [0.5, 0.6) is 0 Å². The highest BCUT2D eigenvalue weighted by atomic mass is 35.5. The molecule has 1 aromatic carbocycles. The molecule has 0 atom stereocenters. The SMILES string of the molecule is COC(=O)c1ccc(CCN)c(F)c1.Cl. The highest BCUT2D eigenvalue weighted by molar-refractivity contribution is 5.89. The molecule has 0 radical (unpaired) electrons. The van der Waals surface area contributed by atoms with Gasteiger partial charge in [0.2, 0.25) is 0 Å². The van der Waals surface area contributed by atoms with Crippen molar-refractivity contribution < 1.29 is 13.9 Å². The lowest BCUT2D eigenvalue weighted by Crippen LogP contribution is -2.07. The molecule has 2 N–H and O–H groups in total. The van der Waals surface area contributed by atoms with E-state index < -0.39 is 11.8 Å². The van der Waals surface area contributed by atoms with Crippen molar-refractivity contribution in [3.05, 3.63) is 35.1 Å². The number of benzene rings is 1. The lowest BCUT2D eigenvalue weighted by atomic mass is 10.1. The number of hydrogen-bond donors (Lipinski definition) is 1. The number of carbonyl (C=O) groups excluding carboxylic acids is 1. The van der Waals surface area contributed by atoms with E-state index in [9.17, 15) is 9.18 Å². The lowest BCUT2D eigenvalue weighted by Gasteiger charge is -2.03. The minimum Gasteiger partial charge on any atom is -0.465 e. The normalized spacial score (nSPS) is 9.27. The second kappa shape index (κ2) is 6.37. The predicted molar refractivity (Wildman–Crippen MR) is 57.7 cm³/mol. The summed E-state index contributed by atoms with van der Waals surface area (Å²) in [6.07, 6.45) is 0.466. The minimum absolute atomic E-state index is 0. The van der Waals surface area contributed by atoms with Crippen molar-refractivity contribution in [1.82, 2.24) is 0 Å². The fraction of sp³-hybridized carbons (Fsp3) is 0.300. The van der Waals surface area contributed by atoms with Crippen LogP contribution in [0, 0.1) is 5.82 Å². The van der Waals surface area contributed by atoms with Crippen LogP contribution in [-0.4, -0.2) is 19.6 Å². The zero-order valence-electron chi connectivity index (χ0n) is 8.33. The Morgan fingerprint density at radius 1 is 1.53 bits per heavy atom. The maximum Gasteiger partial charge on any atom is 0.337 e. The summed E-state index contributed by atoms with van der Waals surface area (Å²) >= 11 is 0. The summed E-state index contributed by atoms with van der Waals surface area (Å²) in [5.41, 5.74) is 6.02. The molecule has 5 heteroatoms. The number of ether oxygens (including phenoxy) is 1. The Hall–Kier alpha value is -1.13. The first-order valence-electron chi connectivity index (χ1n) is 4.26. The summed E-state index contributed by atoms with van der Waals surface area (Å²) in [6.45, 7) is 0.383. The Labute approximate surface area is 93.8 Å². The molecule has 0 unspecified atom stereocenters. The van der Waals surface area contributed by atoms with Crippen molar-refractivity contribution in [2.45, 2.75) is 6.42 Å². The number of carbonyl (C=O) groups is 1. The standard InChI is InChI=1S/C10H12FNO2.ClH/c1-14-10(13)8-3-2-7(4-5-12)9(11)6-8;/h2-3,6H,4-5,12H2,1H3;1H. The summed E-state index contributed by atoms with van der Waals surface area (Å²) in [6, 6.07) is 4.24. The van der Waals surface area contributed by atoms with E-state index in [2.05, 4.69) is 4.74 Å². The molecule has 84 valence electrons. The minimum atomic E-state index is -0.539. The molecule has 0 aliphatic carbocycles. The molecule has 0 aromatic heterocycles. The van der Waals surface area contributed by atoms with E-state index in [-0.39, 0.29) is 18.0 Å². The number of rotatable bonds is 3. The fourth-order valence-electron chi connectivity index (χ4n) is 1.15. The van der Waals surface area contributed by atoms with Crippen molar-refractivity contribution in [1.29, 1.82) is 0 Å². The molecular weight excluding hydrogens is 221 g/mol. The van der Waals surface area contributed by atoms with Crippen LogP contribution >= 0.6 is 12.4 Å². The van der Waals surface area contributed by atoms with E-state index in [0.717, 1.165) is 6.07 Å².